The maximum atomic E-state index is 11.4. The SMILES string of the molecule is C=CCNS(=O)(=O)C1CCCC1. The summed E-state index contributed by atoms with van der Waals surface area (Å²) in [5.41, 5.74) is 0. The maximum absolute atomic E-state index is 11.4. The Hall–Kier alpha value is -0.350. The molecule has 4 heteroatoms. The first-order valence-electron chi connectivity index (χ1n) is 4.26. The minimum Gasteiger partial charge on any atom is -0.212 e. The fourth-order valence-electron chi connectivity index (χ4n) is 1.49. The highest BCUT2D eigenvalue weighted by molar-refractivity contribution is 7.90. The van der Waals surface area contributed by atoms with Crippen molar-refractivity contribution >= 4 is 10.0 Å². The summed E-state index contributed by atoms with van der Waals surface area (Å²) in [6.07, 6.45) is 5.27. The third-order valence-corrected chi connectivity index (χ3v) is 4.09. The van der Waals surface area contributed by atoms with Crippen LogP contribution >= 0.6 is 0 Å². The largest absolute Gasteiger partial charge is 0.214 e. The van der Waals surface area contributed by atoms with Gasteiger partial charge in [0.05, 0.1) is 5.25 Å². The molecule has 1 aliphatic rings. The lowest BCUT2D eigenvalue weighted by Crippen LogP contribution is -2.32. The fourth-order valence-corrected chi connectivity index (χ4v) is 3.03. The van der Waals surface area contributed by atoms with Crippen LogP contribution in [-0.4, -0.2) is 20.2 Å². The molecule has 0 aromatic heterocycles. The molecule has 0 aromatic carbocycles. The van der Waals surface area contributed by atoms with Crippen molar-refractivity contribution < 1.29 is 8.42 Å². The molecule has 1 fully saturated rings. The van der Waals surface area contributed by atoms with E-state index in [1.54, 1.807) is 6.08 Å². The minimum atomic E-state index is -3.04. The second-order valence-corrected chi connectivity index (χ2v) is 5.13. The number of nitrogens with one attached hydrogen (secondary N) is 1. The fraction of sp³-hybridized carbons (Fsp3) is 0.750. The lowest BCUT2D eigenvalue weighted by atomic mass is 10.4. The average Bonchev–Trinajstić information content (AvgIpc) is 2.53. The van der Waals surface area contributed by atoms with Crippen LogP contribution in [0.25, 0.3) is 0 Å². The van der Waals surface area contributed by atoms with Crippen molar-refractivity contribution in [2.45, 2.75) is 30.9 Å². The molecule has 0 saturated heterocycles. The molecule has 1 aliphatic carbocycles. The van der Waals surface area contributed by atoms with Gasteiger partial charge in [-0.25, -0.2) is 13.1 Å². The molecule has 0 unspecified atom stereocenters. The molecule has 70 valence electrons. The Morgan fingerprint density at radius 1 is 1.42 bits per heavy atom. The monoisotopic (exact) mass is 189 g/mol. The molecule has 1 saturated carbocycles. The summed E-state index contributed by atoms with van der Waals surface area (Å²) in [6.45, 7) is 3.81. The smallest absolute Gasteiger partial charge is 0.212 e. The molecule has 0 atom stereocenters. The molecule has 0 amide bonds. The van der Waals surface area contributed by atoms with Gasteiger partial charge in [0, 0.05) is 6.54 Å². The van der Waals surface area contributed by atoms with Gasteiger partial charge in [0.1, 0.15) is 0 Å². The van der Waals surface area contributed by atoms with Crippen LogP contribution in [0.3, 0.4) is 0 Å². The molecule has 0 aromatic rings. The van der Waals surface area contributed by atoms with Gasteiger partial charge in [-0.15, -0.1) is 6.58 Å². The van der Waals surface area contributed by atoms with Crippen LogP contribution in [0.2, 0.25) is 0 Å². The van der Waals surface area contributed by atoms with E-state index in [4.69, 9.17) is 0 Å². The molecule has 0 aliphatic heterocycles. The Labute approximate surface area is 73.9 Å². The average molecular weight is 189 g/mol. The molecule has 1 N–H and O–H groups in total. The molecular weight excluding hydrogens is 174 g/mol. The van der Waals surface area contributed by atoms with Crippen molar-refractivity contribution in [1.82, 2.24) is 4.72 Å². The van der Waals surface area contributed by atoms with Gasteiger partial charge in [0.25, 0.3) is 0 Å². The first-order valence-corrected chi connectivity index (χ1v) is 5.81. The molecule has 0 spiro atoms. The van der Waals surface area contributed by atoms with Crippen LogP contribution < -0.4 is 4.72 Å². The highest BCUT2D eigenvalue weighted by Crippen LogP contribution is 2.23. The summed E-state index contributed by atoms with van der Waals surface area (Å²) >= 11 is 0. The van der Waals surface area contributed by atoms with Crippen LogP contribution in [-0.2, 0) is 10.0 Å². The van der Waals surface area contributed by atoms with E-state index in [-0.39, 0.29) is 5.25 Å². The lowest BCUT2D eigenvalue weighted by Gasteiger charge is -2.10. The molecule has 0 heterocycles. The summed E-state index contributed by atoms with van der Waals surface area (Å²) in [6, 6.07) is 0. The van der Waals surface area contributed by atoms with Gasteiger partial charge >= 0.3 is 0 Å². The highest BCUT2D eigenvalue weighted by Gasteiger charge is 2.27. The van der Waals surface area contributed by atoms with Crippen LogP contribution in [0.1, 0.15) is 25.7 Å². The lowest BCUT2D eigenvalue weighted by molar-refractivity contribution is 0.568. The summed E-state index contributed by atoms with van der Waals surface area (Å²) in [7, 11) is -3.04. The van der Waals surface area contributed by atoms with Crippen LogP contribution in [0.15, 0.2) is 12.7 Å². The predicted molar refractivity (Wildman–Crippen MR) is 49.4 cm³/mol. The topological polar surface area (TPSA) is 46.2 Å². The second-order valence-electron chi connectivity index (χ2n) is 3.09. The Bertz CT molecular complexity index is 240. The van der Waals surface area contributed by atoms with E-state index in [1.165, 1.54) is 0 Å². The van der Waals surface area contributed by atoms with Gasteiger partial charge in [0.2, 0.25) is 10.0 Å². The standard InChI is InChI=1S/C8H15NO2S/c1-2-7-9-12(10,11)8-5-3-4-6-8/h2,8-9H,1,3-7H2. The molecule has 3 nitrogen and oxygen atoms in total. The van der Waals surface area contributed by atoms with E-state index < -0.39 is 10.0 Å². The highest BCUT2D eigenvalue weighted by atomic mass is 32.2. The Morgan fingerprint density at radius 3 is 2.50 bits per heavy atom. The van der Waals surface area contributed by atoms with Gasteiger partial charge in [-0.2, -0.15) is 0 Å². The Kier molecular flexibility index (Phi) is 3.29. The molecule has 0 radical (unpaired) electrons. The first kappa shape index (κ1) is 9.74. The molecular formula is C8H15NO2S. The van der Waals surface area contributed by atoms with Crippen molar-refractivity contribution in [3.8, 4) is 0 Å². The summed E-state index contributed by atoms with van der Waals surface area (Å²) in [4.78, 5) is 0. The van der Waals surface area contributed by atoms with E-state index in [0.29, 0.717) is 6.54 Å². The van der Waals surface area contributed by atoms with Gasteiger partial charge in [-0.3, -0.25) is 0 Å². The zero-order chi connectivity index (χ0) is 9.03. The van der Waals surface area contributed by atoms with E-state index in [0.717, 1.165) is 25.7 Å². The van der Waals surface area contributed by atoms with Crippen molar-refractivity contribution in [3.63, 3.8) is 0 Å². The number of hydrogen-bond acceptors (Lipinski definition) is 2. The van der Waals surface area contributed by atoms with Crippen molar-refractivity contribution in [3.05, 3.63) is 12.7 Å². The minimum absolute atomic E-state index is 0.155. The van der Waals surface area contributed by atoms with E-state index >= 15 is 0 Å². The van der Waals surface area contributed by atoms with Gasteiger partial charge in [0.15, 0.2) is 0 Å². The van der Waals surface area contributed by atoms with Gasteiger partial charge in [-0.05, 0) is 12.8 Å². The zero-order valence-electron chi connectivity index (χ0n) is 7.12. The van der Waals surface area contributed by atoms with E-state index in [1.807, 2.05) is 0 Å². The van der Waals surface area contributed by atoms with Crippen molar-refractivity contribution in [2.24, 2.45) is 0 Å². The van der Waals surface area contributed by atoms with Crippen LogP contribution in [0.5, 0.6) is 0 Å². The van der Waals surface area contributed by atoms with Gasteiger partial charge < -0.3 is 0 Å². The predicted octanol–water partition coefficient (Wildman–Crippen LogP) is 1.03. The number of sulfonamides is 1. The molecule has 1 rings (SSSR count). The van der Waals surface area contributed by atoms with E-state index in [2.05, 4.69) is 11.3 Å². The second kappa shape index (κ2) is 4.05. The van der Waals surface area contributed by atoms with Gasteiger partial charge in [-0.1, -0.05) is 18.9 Å². The summed E-state index contributed by atoms with van der Waals surface area (Å²) < 4.78 is 25.4. The Balaban J connectivity index is 2.51. The van der Waals surface area contributed by atoms with Crippen LogP contribution in [0.4, 0.5) is 0 Å². The van der Waals surface area contributed by atoms with Crippen molar-refractivity contribution in [1.29, 1.82) is 0 Å². The number of hydrogen-bond donors (Lipinski definition) is 1. The summed E-state index contributed by atoms with van der Waals surface area (Å²) in [5.74, 6) is 0. The molecule has 0 bridgehead atoms. The third-order valence-electron chi connectivity index (χ3n) is 2.17. The van der Waals surface area contributed by atoms with Crippen LogP contribution in [0, 0.1) is 0 Å². The maximum Gasteiger partial charge on any atom is 0.214 e. The first-order chi connectivity index (χ1) is 5.67. The normalized spacial score (nSPS) is 19.7. The van der Waals surface area contributed by atoms with Crippen molar-refractivity contribution in [2.75, 3.05) is 6.54 Å². The third kappa shape index (κ3) is 2.32. The Morgan fingerprint density at radius 2 is 2.00 bits per heavy atom. The van der Waals surface area contributed by atoms with E-state index in [9.17, 15) is 8.42 Å². The summed E-state index contributed by atoms with van der Waals surface area (Å²) in [5, 5.41) is -0.155. The molecule has 12 heavy (non-hydrogen) atoms. The number of rotatable bonds is 4. The zero-order valence-corrected chi connectivity index (χ0v) is 7.94. The quantitative estimate of drug-likeness (QED) is 0.671.